The van der Waals surface area contributed by atoms with Crippen molar-refractivity contribution in [2.24, 2.45) is 0 Å². The van der Waals surface area contributed by atoms with Crippen molar-refractivity contribution in [3.8, 4) is 0 Å². The van der Waals surface area contributed by atoms with Gasteiger partial charge in [0.2, 0.25) is 0 Å². The second kappa shape index (κ2) is 16.2. The molecule has 0 saturated carbocycles. The third kappa shape index (κ3) is 9.00. The average Bonchev–Trinajstić information content (AvgIpc) is 0. The summed E-state index contributed by atoms with van der Waals surface area (Å²) in [5.74, 6) is 0. The Balaban J connectivity index is 0. The van der Waals surface area contributed by atoms with Crippen LogP contribution in [-0.4, -0.2) is 56.6 Å². The van der Waals surface area contributed by atoms with Gasteiger partial charge in [0.1, 0.15) is 0 Å². The van der Waals surface area contributed by atoms with Crippen LogP contribution in [0.1, 0.15) is 0 Å². The molecule has 1 radical (unpaired) electrons. The molecule has 15 valence electrons. The zero-order valence-corrected chi connectivity index (χ0v) is 4.71. The maximum Gasteiger partial charge on any atom is 0 e. The van der Waals surface area contributed by atoms with E-state index in [0.29, 0.717) is 0 Å². The van der Waals surface area contributed by atoms with Crippen LogP contribution in [0.15, 0.2) is 0 Å². The molecule has 0 aromatic rings. The Morgan fingerprint density at radius 2 is 1.00 bits per heavy atom. The van der Waals surface area contributed by atoms with E-state index in [9.17, 15) is 0 Å². The molecule has 0 aliphatic rings. The molecule has 0 fully saturated rings. The van der Waals surface area contributed by atoms with Crippen LogP contribution in [-0.2, 0) is 44.1 Å². The van der Waals surface area contributed by atoms with Gasteiger partial charge in [-0.25, -0.2) is 0 Å². The summed E-state index contributed by atoms with van der Waals surface area (Å²) in [6.07, 6.45) is 0. The van der Waals surface area contributed by atoms with Gasteiger partial charge in [0, 0.05) is 44.1 Å². The molecule has 0 unspecified atom stereocenters. The van der Waals surface area contributed by atoms with Crippen LogP contribution in [0.3, 0.4) is 0 Å². The van der Waals surface area contributed by atoms with Crippen LogP contribution in [0.25, 0.3) is 0 Å². The Hall–Kier alpha value is 3.31. The molecule has 0 amide bonds. The molecule has 0 heterocycles. The first-order chi connectivity index (χ1) is 0. The van der Waals surface area contributed by atoms with Crippen LogP contribution in [0.4, 0.5) is 0 Å². The Bertz CT molecular complexity index is 8.00. The number of hydrogen-bond donors (Lipinski definition) is 0. The minimum Gasteiger partial charge on any atom is 0 e. The first-order valence-electron chi connectivity index (χ1n) is 0. The van der Waals surface area contributed by atoms with Crippen molar-refractivity contribution < 1.29 is 44.1 Å². The van der Waals surface area contributed by atoms with Gasteiger partial charge in [-0.3, -0.25) is 0 Å². The summed E-state index contributed by atoms with van der Waals surface area (Å²) in [7, 11) is 0. The van der Waals surface area contributed by atoms with Gasteiger partial charge in [-0.2, -0.15) is 0 Å². The van der Waals surface area contributed by atoms with Crippen molar-refractivity contribution in [3.63, 3.8) is 0 Å². The minimum absolute atomic E-state index is 0. The van der Waals surface area contributed by atoms with E-state index in [1.807, 2.05) is 0 Å². The van der Waals surface area contributed by atoms with Crippen LogP contribution < -0.4 is 0 Å². The van der Waals surface area contributed by atoms with Crippen molar-refractivity contribution in [1.82, 2.24) is 0 Å². The largest absolute Gasteiger partial charge is 0 e. The summed E-state index contributed by atoms with van der Waals surface area (Å²) in [6.45, 7) is 0. The standard InChI is InChI=1S/Ca.Li.Nb.Ti.3H. The minimum atomic E-state index is 0. The quantitative estimate of drug-likeness (QED) is 0.405. The van der Waals surface area contributed by atoms with E-state index in [-0.39, 0.29) is 101 Å². The molecular weight excluding hydrogens is 188 g/mol. The second-order valence-electron chi connectivity index (χ2n) is 0. The van der Waals surface area contributed by atoms with Crippen molar-refractivity contribution >= 4 is 56.6 Å². The predicted octanol–water partition coefficient (Wildman–Crippen LogP) is -1.57. The summed E-state index contributed by atoms with van der Waals surface area (Å²) in [4.78, 5) is 0. The first-order valence-corrected chi connectivity index (χ1v) is 0. The van der Waals surface area contributed by atoms with E-state index in [2.05, 4.69) is 0 Å². The normalized spacial score (nSPS) is 0. The van der Waals surface area contributed by atoms with Crippen LogP contribution in [0.5, 0.6) is 0 Å². The van der Waals surface area contributed by atoms with Gasteiger partial charge in [0.25, 0.3) is 0 Å². The fourth-order valence-corrected chi connectivity index (χ4v) is 0. The van der Waals surface area contributed by atoms with Crippen molar-refractivity contribution in [2.75, 3.05) is 0 Å². The molecule has 4 heavy (non-hydrogen) atoms. The second-order valence-corrected chi connectivity index (χ2v) is 0. The molecule has 0 rings (SSSR count). The van der Waals surface area contributed by atoms with Gasteiger partial charge in [-0.1, -0.05) is 0 Å². The van der Waals surface area contributed by atoms with Gasteiger partial charge in [-0.05, 0) is 0 Å². The molecule has 0 aliphatic heterocycles. The van der Waals surface area contributed by atoms with Crippen molar-refractivity contribution in [2.45, 2.75) is 0 Å². The Morgan fingerprint density at radius 1 is 1.00 bits per heavy atom. The molecule has 0 aromatic carbocycles. The maximum atomic E-state index is 0. The molecule has 0 aromatic heterocycles. The summed E-state index contributed by atoms with van der Waals surface area (Å²) >= 11 is 0. The van der Waals surface area contributed by atoms with E-state index >= 15 is 0 Å². The van der Waals surface area contributed by atoms with Crippen LogP contribution >= 0.6 is 0 Å². The molecule has 0 saturated heterocycles. The van der Waals surface area contributed by atoms with Gasteiger partial charge >= 0.3 is 56.6 Å². The number of hydrogen-bond acceptors (Lipinski definition) is 0. The molecule has 0 bridgehead atoms. The monoisotopic (exact) mass is 191 g/mol. The van der Waals surface area contributed by atoms with Gasteiger partial charge < -0.3 is 0 Å². The first kappa shape index (κ1) is 26.6. The van der Waals surface area contributed by atoms with E-state index < -0.39 is 0 Å². The fraction of sp³-hybridized carbons (Fsp3) is 0. The zero-order valence-electron chi connectivity index (χ0n) is 0.947. The van der Waals surface area contributed by atoms with Crippen molar-refractivity contribution in [3.05, 3.63) is 0 Å². The smallest absolute Gasteiger partial charge is 0 e. The molecule has 0 aliphatic carbocycles. The van der Waals surface area contributed by atoms with Gasteiger partial charge in [0.15, 0.2) is 0 Å². The van der Waals surface area contributed by atoms with Crippen LogP contribution in [0.2, 0.25) is 0 Å². The third-order valence-electron chi connectivity index (χ3n) is 0. The topological polar surface area (TPSA) is 0 Å². The summed E-state index contributed by atoms with van der Waals surface area (Å²) in [6, 6.07) is 0. The van der Waals surface area contributed by atoms with Gasteiger partial charge in [-0.15, -0.1) is 0 Å². The van der Waals surface area contributed by atoms with Crippen LogP contribution in [0, 0.1) is 0 Å². The van der Waals surface area contributed by atoms with E-state index in [4.69, 9.17) is 0 Å². The molecular formula is H3CaLiNbTi. The maximum absolute atomic E-state index is 0. The summed E-state index contributed by atoms with van der Waals surface area (Å²) in [5, 5.41) is 0. The van der Waals surface area contributed by atoms with E-state index in [1.54, 1.807) is 0 Å². The molecule has 4 heteroatoms. The van der Waals surface area contributed by atoms with E-state index in [1.165, 1.54) is 0 Å². The Labute approximate surface area is 98.4 Å². The Kier molecular flexibility index (Phi) is 108. The average molecular weight is 191 g/mol. The van der Waals surface area contributed by atoms with Gasteiger partial charge in [0.05, 0.1) is 0 Å². The summed E-state index contributed by atoms with van der Waals surface area (Å²) < 4.78 is 0. The fourth-order valence-electron chi connectivity index (χ4n) is 0. The number of rotatable bonds is 0. The van der Waals surface area contributed by atoms with Crippen molar-refractivity contribution in [1.29, 1.82) is 0 Å². The zero-order chi connectivity index (χ0) is 0. The molecule has 0 nitrogen and oxygen atoms in total. The predicted molar refractivity (Wildman–Crippen MR) is 15.7 cm³/mol. The molecule has 0 atom stereocenters. The molecule has 0 N–H and O–H groups in total. The summed E-state index contributed by atoms with van der Waals surface area (Å²) in [5.41, 5.74) is 0. The third-order valence-corrected chi connectivity index (χ3v) is 0. The molecule has 0 spiro atoms. The van der Waals surface area contributed by atoms with E-state index in [0.717, 1.165) is 0 Å². The Morgan fingerprint density at radius 3 is 1.00 bits per heavy atom. The SMILES string of the molecule is [CaH2].[LiH].[Nb].[Ti].